The number of carbonyl (C=O) groups excluding carboxylic acids is 1. The summed E-state index contributed by atoms with van der Waals surface area (Å²) in [4.78, 5) is 14.0. The Balaban J connectivity index is 1.41. The van der Waals surface area contributed by atoms with Gasteiger partial charge in [0, 0.05) is 11.4 Å². The number of allylic oxidation sites excluding steroid dienone is 1. The van der Waals surface area contributed by atoms with E-state index in [1.807, 2.05) is 23.6 Å². The van der Waals surface area contributed by atoms with Gasteiger partial charge in [-0.05, 0) is 62.3 Å². The van der Waals surface area contributed by atoms with Crippen molar-refractivity contribution >= 4 is 34.0 Å². The molecular weight excluding hydrogens is 478 g/mol. The van der Waals surface area contributed by atoms with Crippen LogP contribution in [0.2, 0.25) is 0 Å². The van der Waals surface area contributed by atoms with Gasteiger partial charge in [-0.2, -0.15) is 5.26 Å². The van der Waals surface area contributed by atoms with Crippen molar-refractivity contribution in [1.29, 1.82) is 5.26 Å². The number of carbonyl (C=O) groups is 1. The van der Waals surface area contributed by atoms with Crippen LogP contribution in [-0.2, 0) is 30.8 Å². The second kappa shape index (κ2) is 11.6. The first-order valence-corrected chi connectivity index (χ1v) is 13.5. The molecule has 7 nitrogen and oxygen atoms in total. The topological polar surface area (TPSA) is 92.8 Å². The average molecular weight is 508 g/mol. The lowest BCUT2D eigenvalue weighted by molar-refractivity contribution is -0.113. The third-order valence-corrected chi connectivity index (χ3v) is 8.31. The minimum absolute atomic E-state index is 0.163. The molecule has 0 spiro atoms. The van der Waals surface area contributed by atoms with E-state index >= 15 is 0 Å². The van der Waals surface area contributed by atoms with E-state index in [0.29, 0.717) is 28.1 Å². The number of fused-ring (bicyclic) bond motifs is 1. The number of nitrogens with zero attached hydrogens (tertiary/aromatic N) is 4. The number of hydrogen-bond acceptors (Lipinski definition) is 7. The largest absolute Gasteiger partial charge is 0.485 e. The zero-order valence-corrected chi connectivity index (χ0v) is 21.7. The summed E-state index contributed by atoms with van der Waals surface area (Å²) in [6, 6.07) is 8.27. The van der Waals surface area contributed by atoms with Gasteiger partial charge in [0.05, 0.1) is 11.3 Å². The molecule has 1 aliphatic carbocycles. The highest BCUT2D eigenvalue weighted by molar-refractivity contribution is 7.99. The van der Waals surface area contributed by atoms with Crippen LogP contribution in [0.3, 0.4) is 0 Å². The maximum atomic E-state index is 12.8. The van der Waals surface area contributed by atoms with Crippen molar-refractivity contribution in [3.63, 3.8) is 0 Å². The Bertz CT molecular complexity index is 1270. The summed E-state index contributed by atoms with van der Waals surface area (Å²) in [5.41, 5.74) is 4.01. The SMILES string of the molecule is C=CCn1c(COc2cccc(C)c2C)nnc1SCC(=O)Nc1sc2c(c1C#N)CCCCC2. The number of thioether (sulfide) groups is 1. The number of nitrogens with one attached hydrogen (secondary N) is 1. The number of ether oxygens (including phenoxy) is 1. The van der Waals surface area contributed by atoms with Gasteiger partial charge in [0.15, 0.2) is 11.0 Å². The molecule has 182 valence electrons. The van der Waals surface area contributed by atoms with Crippen molar-refractivity contribution in [2.45, 2.75) is 64.3 Å². The standard InChI is InChI=1S/C26H29N5O2S2/c1-4-13-31-23(15-33-21-11-8-9-17(2)18(21)3)29-30-26(31)34-16-24(32)28-25-20(14-27)19-10-6-5-7-12-22(19)35-25/h4,8-9,11H,1,5-7,10,12-13,15-16H2,2-3H3,(H,28,32). The van der Waals surface area contributed by atoms with E-state index in [0.717, 1.165) is 42.6 Å². The molecule has 0 bridgehead atoms. The van der Waals surface area contributed by atoms with Gasteiger partial charge in [-0.1, -0.05) is 36.4 Å². The number of benzene rings is 1. The lowest BCUT2D eigenvalue weighted by atomic mass is 10.1. The van der Waals surface area contributed by atoms with E-state index in [2.05, 4.69) is 41.2 Å². The molecule has 0 fully saturated rings. The fraction of sp³-hybridized carbons (Fsp3) is 0.385. The third-order valence-electron chi connectivity index (χ3n) is 6.14. The third kappa shape index (κ3) is 5.77. The quantitative estimate of drug-likeness (QED) is 0.230. The summed E-state index contributed by atoms with van der Waals surface area (Å²) in [5.74, 6) is 1.49. The lowest BCUT2D eigenvalue weighted by Crippen LogP contribution is -2.15. The van der Waals surface area contributed by atoms with Gasteiger partial charge in [-0.3, -0.25) is 9.36 Å². The van der Waals surface area contributed by atoms with Crippen LogP contribution < -0.4 is 10.1 Å². The Morgan fingerprint density at radius 1 is 1.31 bits per heavy atom. The molecule has 3 aromatic rings. The second-order valence-electron chi connectivity index (χ2n) is 8.50. The van der Waals surface area contributed by atoms with E-state index < -0.39 is 0 Å². The van der Waals surface area contributed by atoms with Crippen LogP contribution in [-0.4, -0.2) is 26.4 Å². The lowest BCUT2D eigenvalue weighted by Gasteiger charge is -2.12. The van der Waals surface area contributed by atoms with Gasteiger partial charge in [-0.15, -0.1) is 28.1 Å². The summed E-state index contributed by atoms with van der Waals surface area (Å²) >= 11 is 2.85. The van der Waals surface area contributed by atoms with Crippen LogP contribution >= 0.6 is 23.1 Å². The first-order chi connectivity index (χ1) is 17.0. The molecule has 1 amide bonds. The van der Waals surface area contributed by atoms with Crippen molar-refractivity contribution in [3.8, 4) is 11.8 Å². The monoisotopic (exact) mass is 507 g/mol. The predicted octanol–water partition coefficient (Wildman–Crippen LogP) is 5.59. The Morgan fingerprint density at radius 3 is 2.94 bits per heavy atom. The molecule has 0 unspecified atom stereocenters. The van der Waals surface area contributed by atoms with Crippen molar-refractivity contribution < 1.29 is 9.53 Å². The smallest absolute Gasteiger partial charge is 0.235 e. The summed E-state index contributed by atoms with van der Waals surface area (Å²) in [6.45, 7) is 8.70. The predicted molar refractivity (Wildman–Crippen MR) is 140 cm³/mol. The fourth-order valence-electron chi connectivity index (χ4n) is 4.11. The van der Waals surface area contributed by atoms with Gasteiger partial charge < -0.3 is 10.1 Å². The fourth-order valence-corrected chi connectivity index (χ4v) is 6.13. The maximum Gasteiger partial charge on any atom is 0.235 e. The van der Waals surface area contributed by atoms with Crippen molar-refractivity contribution in [2.75, 3.05) is 11.1 Å². The van der Waals surface area contributed by atoms with Crippen LogP contribution in [0, 0.1) is 25.2 Å². The van der Waals surface area contributed by atoms with E-state index in [1.165, 1.54) is 28.6 Å². The van der Waals surface area contributed by atoms with Crippen molar-refractivity contribution in [1.82, 2.24) is 14.8 Å². The number of aryl methyl sites for hydroxylation is 2. The molecule has 0 saturated carbocycles. The molecule has 0 aliphatic heterocycles. The molecule has 0 radical (unpaired) electrons. The second-order valence-corrected chi connectivity index (χ2v) is 10.5. The normalized spacial score (nSPS) is 12.9. The number of amides is 1. The Hall–Kier alpha value is -3.09. The van der Waals surface area contributed by atoms with Gasteiger partial charge in [0.2, 0.25) is 5.91 Å². The maximum absolute atomic E-state index is 12.8. The van der Waals surface area contributed by atoms with Crippen molar-refractivity contribution in [2.24, 2.45) is 0 Å². The number of thiophene rings is 1. The van der Waals surface area contributed by atoms with E-state index in [1.54, 1.807) is 17.4 Å². The first kappa shape index (κ1) is 25.0. The Labute approximate surface area is 214 Å². The Kier molecular flexibility index (Phi) is 8.26. The summed E-state index contributed by atoms with van der Waals surface area (Å²) in [7, 11) is 0. The zero-order valence-electron chi connectivity index (χ0n) is 20.1. The molecule has 1 aromatic carbocycles. The van der Waals surface area contributed by atoms with Gasteiger partial charge >= 0.3 is 0 Å². The molecular formula is C26H29N5O2S2. The van der Waals surface area contributed by atoms with Crippen LogP contribution in [0.15, 0.2) is 36.0 Å². The average Bonchev–Trinajstić information content (AvgIpc) is 3.29. The number of aromatic nitrogens is 3. The molecule has 2 aromatic heterocycles. The van der Waals surface area contributed by atoms with Crippen LogP contribution in [0.4, 0.5) is 5.00 Å². The molecule has 0 atom stereocenters. The Morgan fingerprint density at radius 2 is 2.14 bits per heavy atom. The number of rotatable bonds is 9. The zero-order chi connectivity index (χ0) is 24.8. The highest BCUT2D eigenvalue weighted by atomic mass is 32.2. The molecule has 1 N–H and O–H groups in total. The minimum Gasteiger partial charge on any atom is -0.485 e. The van der Waals surface area contributed by atoms with E-state index in [4.69, 9.17) is 4.74 Å². The van der Waals surface area contributed by atoms with Gasteiger partial charge in [-0.25, -0.2) is 0 Å². The molecule has 9 heteroatoms. The number of anilines is 1. The van der Waals surface area contributed by atoms with E-state index in [-0.39, 0.29) is 18.3 Å². The number of hydrogen-bond donors (Lipinski definition) is 1. The van der Waals surface area contributed by atoms with Gasteiger partial charge in [0.1, 0.15) is 23.4 Å². The molecule has 0 saturated heterocycles. The van der Waals surface area contributed by atoms with Crippen molar-refractivity contribution in [3.05, 3.63) is 63.8 Å². The minimum atomic E-state index is -0.163. The molecule has 2 heterocycles. The summed E-state index contributed by atoms with van der Waals surface area (Å²) < 4.78 is 7.91. The summed E-state index contributed by atoms with van der Waals surface area (Å²) in [6.07, 6.45) is 7.08. The summed E-state index contributed by atoms with van der Waals surface area (Å²) in [5, 5.41) is 22.5. The molecule has 35 heavy (non-hydrogen) atoms. The highest BCUT2D eigenvalue weighted by Crippen LogP contribution is 2.37. The van der Waals surface area contributed by atoms with Gasteiger partial charge in [0.25, 0.3) is 0 Å². The highest BCUT2D eigenvalue weighted by Gasteiger charge is 2.21. The van der Waals surface area contributed by atoms with E-state index in [9.17, 15) is 10.1 Å². The van der Waals surface area contributed by atoms with Crippen LogP contribution in [0.1, 0.15) is 52.2 Å². The van der Waals surface area contributed by atoms with Crippen LogP contribution in [0.5, 0.6) is 5.75 Å². The first-order valence-electron chi connectivity index (χ1n) is 11.7. The van der Waals surface area contributed by atoms with Crippen LogP contribution in [0.25, 0.3) is 0 Å². The molecule has 4 rings (SSSR count). The number of nitriles is 1. The molecule has 1 aliphatic rings.